The number of nitrogens with one attached hydrogen (secondary N) is 2. The molecule has 1 amide bonds. The van der Waals surface area contributed by atoms with Gasteiger partial charge in [-0.3, -0.25) is 4.79 Å². The Hall–Kier alpha value is -1.79. The number of anilines is 1. The summed E-state index contributed by atoms with van der Waals surface area (Å²) in [5, 5.41) is 5.97. The van der Waals surface area contributed by atoms with E-state index < -0.39 is 18.3 Å². The SMILES string of the molecule is CNc1cccc(C=C(CNC(C)=O)B2OC(C)(C)C(C)(C)O2)c1. The van der Waals surface area contributed by atoms with Gasteiger partial charge in [-0.1, -0.05) is 18.2 Å². The van der Waals surface area contributed by atoms with Crippen LogP contribution in [0.5, 0.6) is 0 Å². The van der Waals surface area contributed by atoms with Gasteiger partial charge >= 0.3 is 7.12 Å². The Morgan fingerprint density at radius 1 is 1.21 bits per heavy atom. The van der Waals surface area contributed by atoms with E-state index >= 15 is 0 Å². The molecule has 5 nitrogen and oxygen atoms in total. The van der Waals surface area contributed by atoms with E-state index in [4.69, 9.17) is 9.31 Å². The summed E-state index contributed by atoms with van der Waals surface area (Å²) >= 11 is 0. The molecule has 0 unspecified atom stereocenters. The van der Waals surface area contributed by atoms with E-state index in [-0.39, 0.29) is 5.91 Å². The van der Waals surface area contributed by atoms with E-state index in [1.54, 1.807) is 0 Å². The summed E-state index contributed by atoms with van der Waals surface area (Å²) in [5.74, 6) is -0.0820. The number of carbonyl (C=O) groups excluding carboxylic acids is 1. The van der Waals surface area contributed by atoms with Crippen molar-refractivity contribution in [3.63, 3.8) is 0 Å². The van der Waals surface area contributed by atoms with Crippen LogP contribution in [0.4, 0.5) is 5.69 Å². The zero-order chi connectivity index (χ0) is 18.0. The fraction of sp³-hybridized carbons (Fsp3) is 0.500. The first-order valence-electron chi connectivity index (χ1n) is 8.23. The van der Waals surface area contributed by atoms with Crippen LogP contribution in [0.2, 0.25) is 0 Å². The van der Waals surface area contributed by atoms with E-state index in [9.17, 15) is 4.79 Å². The molecule has 1 aromatic rings. The number of amides is 1. The smallest absolute Gasteiger partial charge is 0.400 e. The maximum atomic E-state index is 11.3. The average Bonchev–Trinajstić information content (AvgIpc) is 2.71. The minimum absolute atomic E-state index is 0.0820. The third kappa shape index (κ3) is 4.19. The number of rotatable bonds is 5. The molecular formula is C18H27BN2O3. The fourth-order valence-corrected chi connectivity index (χ4v) is 2.42. The number of benzene rings is 1. The summed E-state index contributed by atoms with van der Waals surface area (Å²) in [5.41, 5.74) is 2.10. The van der Waals surface area contributed by atoms with E-state index in [2.05, 4.69) is 10.6 Å². The Balaban J connectivity index is 2.31. The van der Waals surface area contributed by atoms with Crippen LogP contribution in [0.1, 0.15) is 40.2 Å². The van der Waals surface area contributed by atoms with Gasteiger partial charge in [-0.15, -0.1) is 0 Å². The van der Waals surface area contributed by atoms with Crippen molar-refractivity contribution in [2.45, 2.75) is 45.8 Å². The minimum atomic E-state index is -0.486. The second-order valence-corrected chi connectivity index (χ2v) is 7.09. The van der Waals surface area contributed by atoms with E-state index in [1.807, 2.05) is 65.1 Å². The summed E-state index contributed by atoms with van der Waals surface area (Å²) in [7, 11) is 1.40. The highest BCUT2D eigenvalue weighted by Crippen LogP contribution is 2.38. The lowest BCUT2D eigenvalue weighted by Crippen LogP contribution is -2.41. The molecule has 0 spiro atoms. The predicted octanol–water partition coefficient (Wildman–Crippen LogP) is 2.88. The number of hydrogen-bond acceptors (Lipinski definition) is 4. The molecule has 24 heavy (non-hydrogen) atoms. The highest BCUT2D eigenvalue weighted by atomic mass is 16.7. The Kier molecular flexibility index (Phi) is 5.40. The van der Waals surface area contributed by atoms with Crippen molar-refractivity contribution >= 4 is 24.8 Å². The van der Waals surface area contributed by atoms with Gasteiger partial charge in [-0.2, -0.15) is 0 Å². The Morgan fingerprint density at radius 3 is 2.38 bits per heavy atom. The maximum absolute atomic E-state index is 11.3. The molecule has 0 saturated carbocycles. The summed E-state index contributed by atoms with van der Waals surface area (Å²) in [4.78, 5) is 11.3. The highest BCUT2D eigenvalue weighted by Gasteiger charge is 2.52. The van der Waals surface area contributed by atoms with Gasteiger partial charge in [-0.05, 0) is 50.9 Å². The van der Waals surface area contributed by atoms with Crippen molar-refractivity contribution in [2.75, 3.05) is 18.9 Å². The second-order valence-electron chi connectivity index (χ2n) is 7.09. The van der Waals surface area contributed by atoms with Gasteiger partial charge in [0, 0.05) is 26.2 Å². The molecule has 1 heterocycles. The molecule has 1 aromatic carbocycles. The molecule has 6 heteroatoms. The summed E-state index contributed by atoms with van der Waals surface area (Å²) in [6.45, 7) is 9.96. The normalized spacial score (nSPS) is 19.2. The van der Waals surface area contributed by atoms with Gasteiger partial charge in [0.25, 0.3) is 0 Å². The van der Waals surface area contributed by atoms with Gasteiger partial charge in [-0.25, -0.2) is 0 Å². The van der Waals surface area contributed by atoms with E-state index in [0.717, 1.165) is 16.7 Å². The van der Waals surface area contributed by atoms with Gasteiger partial charge in [0.05, 0.1) is 11.2 Å². The lowest BCUT2D eigenvalue weighted by atomic mass is 9.77. The molecular weight excluding hydrogens is 303 g/mol. The Labute approximate surface area is 144 Å². The van der Waals surface area contributed by atoms with E-state index in [0.29, 0.717) is 6.54 Å². The second kappa shape index (κ2) is 6.99. The van der Waals surface area contributed by atoms with Crippen LogP contribution in [0, 0.1) is 0 Å². The zero-order valence-electron chi connectivity index (χ0n) is 15.4. The molecule has 0 aliphatic carbocycles. The third-order valence-corrected chi connectivity index (χ3v) is 4.62. The first-order valence-corrected chi connectivity index (χ1v) is 8.23. The number of carbonyl (C=O) groups is 1. The van der Waals surface area contributed by atoms with Crippen molar-refractivity contribution in [1.29, 1.82) is 0 Å². The van der Waals surface area contributed by atoms with Crippen LogP contribution in [0.25, 0.3) is 6.08 Å². The molecule has 2 N–H and O–H groups in total. The van der Waals surface area contributed by atoms with Crippen molar-refractivity contribution < 1.29 is 14.1 Å². The van der Waals surface area contributed by atoms with Crippen molar-refractivity contribution in [3.8, 4) is 0 Å². The van der Waals surface area contributed by atoms with Gasteiger partial charge in [0.15, 0.2) is 0 Å². The minimum Gasteiger partial charge on any atom is -0.400 e. The predicted molar refractivity (Wildman–Crippen MR) is 98.7 cm³/mol. The van der Waals surface area contributed by atoms with Gasteiger partial charge in [0.1, 0.15) is 0 Å². The molecule has 0 bridgehead atoms. The first-order chi connectivity index (χ1) is 11.1. The van der Waals surface area contributed by atoms with Gasteiger partial charge < -0.3 is 19.9 Å². The summed E-state index contributed by atoms with van der Waals surface area (Å²) in [6, 6.07) is 8.04. The zero-order valence-corrected chi connectivity index (χ0v) is 15.4. The topological polar surface area (TPSA) is 59.6 Å². The van der Waals surface area contributed by atoms with Gasteiger partial charge in [0.2, 0.25) is 5.91 Å². The lowest BCUT2D eigenvalue weighted by molar-refractivity contribution is -0.118. The van der Waals surface area contributed by atoms with Crippen molar-refractivity contribution in [1.82, 2.24) is 5.32 Å². The lowest BCUT2D eigenvalue weighted by Gasteiger charge is -2.32. The quantitative estimate of drug-likeness (QED) is 0.815. The maximum Gasteiger partial charge on any atom is 0.492 e. The standard InChI is InChI=1S/C18H27BN2O3/c1-13(22)21-12-15(10-14-8-7-9-16(11-14)20-6)19-23-17(2,3)18(4,5)24-19/h7-11,20H,12H2,1-6H3,(H,21,22). The van der Waals surface area contributed by atoms with E-state index in [1.165, 1.54) is 6.92 Å². The third-order valence-electron chi connectivity index (χ3n) is 4.62. The average molecular weight is 330 g/mol. The molecule has 1 saturated heterocycles. The summed E-state index contributed by atoms with van der Waals surface area (Å²) in [6.07, 6.45) is 2.01. The Morgan fingerprint density at radius 2 is 1.83 bits per heavy atom. The molecule has 130 valence electrons. The van der Waals surface area contributed by atoms with Crippen LogP contribution < -0.4 is 10.6 Å². The summed E-state index contributed by atoms with van der Waals surface area (Å²) < 4.78 is 12.3. The van der Waals surface area contributed by atoms with Crippen molar-refractivity contribution in [3.05, 3.63) is 35.3 Å². The van der Waals surface area contributed by atoms with Crippen molar-refractivity contribution in [2.24, 2.45) is 0 Å². The molecule has 1 aliphatic heterocycles. The molecule has 0 aromatic heterocycles. The molecule has 2 rings (SSSR count). The molecule has 0 radical (unpaired) electrons. The highest BCUT2D eigenvalue weighted by molar-refractivity contribution is 6.56. The molecule has 1 fully saturated rings. The largest absolute Gasteiger partial charge is 0.492 e. The molecule has 1 aliphatic rings. The first kappa shape index (κ1) is 18.6. The molecule has 0 atom stereocenters. The van der Waals surface area contributed by atoms with Crippen LogP contribution in [-0.2, 0) is 14.1 Å². The van der Waals surface area contributed by atoms with Crippen LogP contribution in [0.15, 0.2) is 29.7 Å². The monoisotopic (exact) mass is 330 g/mol. The van der Waals surface area contributed by atoms with Crippen LogP contribution in [0.3, 0.4) is 0 Å². The van der Waals surface area contributed by atoms with Crippen LogP contribution in [-0.4, -0.2) is 37.8 Å². The Bertz CT molecular complexity index is 625. The fourth-order valence-electron chi connectivity index (χ4n) is 2.42. The number of hydrogen-bond donors (Lipinski definition) is 2. The van der Waals surface area contributed by atoms with Crippen LogP contribution >= 0.6 is 0 Å².